The standard InChI is InChI=1S/C13H11N3O4/c17-10-4-2-7-1-3-9(14-12(7)15-10)16-6-8(13(19)20)5-11(16)18/h1-4,8H,5-6H2,(H,19,20)(H,14,15,17). The van der Waals surface area contributed by atoms with Gasteiger partial charge in [-0.15, -0.1) is 0 Å². The molecular weight excluding hydrogens is 262 g/mol. The van der Waals surface area contributed by atoms with E-state index >= 15 is 0 Å². The van der Waals surface area contributed by atoms with Gasteiger partial charge in [0, 0.05) is 24.4 Å². The lowest BCUT2D eigenvalue weighted by Crippen LogP contribution is -2.26. The Bertz CT molecular complexity index is 768. The first kappa shape index (κ1) is 12.3. The maximum atomic E-state index is 11.8. The number of aromatic nitrogens is 2. The molecule has 0 radical (unpaired) electrons. The van der Waals surface area contributed by atoms with Crippen LogP contribution >= 0.6 is 0 Å². The number of nitrogens with one attached hydrogen (secondary N) is 1. The van der Waals surface area contributed by atoms with Crippen LogP contribution in [0.15, 0.2) is 29.1 Å². The van der Waals surface area contributed by atoms with Crippen LogP contribution in [0.2, 0.25) is 0 Å². The van der Waals surface area contributed by atoms with Gasteiger partial charge in [0.2, 0.25) is 11.5 Å². The molecular formula is C13H11N3O4. The number of amides is 1. The summed E-state index contributed by atoms with van der Waals surface area (Å²) in [5, 5.41) is 9.70. The smallest absolute Gasteiger partial charge is 0.308 e. The molecule has 102 valence electrons. The van der Waals surface area contributed by atoms with Crippen LogP contribution < -0.4 is 10.5 Å². The molecule has 2 N–H and O–H groups in total. The molecule has 1 unspecified atom stereocenters. The molecule has 7 nitrogen and oxygen atoms in total. The fourth-order valence-electron chi connectivity index (χ4n) is 2.26. The molecule has 0 bridgehead atoms. The van der Waals surface area contributed by atoms with Crippen molar-refractivity contribution >= 4 is 28.7 Å². The Hall–Kier alpha value is -2.70. The van der Waals surface area contributed by atoms with Gasteiger partial charge in [-0.25, -0.2) is 4.98 Å². The van der Waals surface area contributed by atoms with Gasteiger partial charge in [-0.1, -0.05) is 0 Å². The molecule has 0 spiro atoms. The van der Waals surface area contributed by atoms with E-state index in [-0.39, 0.29) is 24.4 Å². The lowest BCUT2D eigenvalue weighted by molar-refractivity contribution is -0.141. The predicted molar refractivity (Wildman–Crippen MR) is 70.5 cm³/mol. The molecule has 2 aromatic rings. The number of H-pyrrole nitrogens is 1. The number of nitrogens with zero attached hydrogens (tertiary/aromatic N) is 2. The first-order valence-corrected chi connectivity index (χ1v) is 6.08. The van der Waals surface area contributed by atoms with Crippen LogP contribution in [0.1, 0.15) is 6.42 Å². The second kappa shape index (κ2) is 4.44. The number of rotatable bonds is 2. The molecule has 7 heteroatoms. The van der Waals surface area contributed by atoms with E-state index in [1.807, 2.05) is 0 Å². The Morgan fingerprint density at radius 3 is 2.75 bits per heavy atom. The highest BCUT2D eigenvalue weighted by Crippen LogP contribution is 2.24. The lowest BCUT2D eigenvalue weighted by atomic mass is 10.1. The van der Waals surface area contributed by atoms with E-state index < -0.39 is 11.9 Å². The summed E-state index contributed by atoms with van der Waals surface area (Å²) in [6, 6.07) is 6.40. The molecule has 0 saturated carbocycles. The van der Waals surface area contributed by atoms with Crippen molar-refractivity contribution in [2.75, 3.05) is 11.4 Å². The van der Waals surface area contributed by atoms with E-state index in [9.17, 15) is 14.4 Å². The highest BCUT2D eigenvalue weighted by molar-refractivity contribution is 5.99. The van der Waals surface area contributed by atoms with Gasteiger partial charge in [-0.2, -0.15) is 0 Å². The van der Waals surface area contributed by atoms with Crippen LogP contribution in [0, 0.1) is 5.92 Å². The number of fused-ring (bicyclic) bond motifs is 1. The monoisotopic (exact) mass is 273 g/mol. The number of pyridine rings is 2. The van der Waals surface area contributed by atoms with Crippen LogP contribution in [0.5, 0.6) is 0 Å². The third-order valence-corrected chi connectivity index (χ3v) is 3.32. The Kier molecular flexibility index (Phi) is 2.74. The summed E-state index contributed by atoms with van der Waals surface area (Å²) in [6.45, 7) is 0.101. The van der Waals surface area contributed by atoms with Crippen molar-refractivity contribution in [1.29, 1.82) is 0 Å². The van der Waals surface area contributed by atoms with Gasteiger partial charge in [-0.05, 0) is 18.2 Å². The van der Waals surface area contributed by atoms with E-state index in [2.05, 4.69) is 9.97 Å². The molecule has 1 saturated heterocycles. The van der Waals surface area contributed by atoms with Crippen LogP contribution in [0.4, 0.5) is 5.82 Å². The van der Waals surface area contributed by atoms with Crippen molar-refractivity contribution < 1.29 is 14.7 Å². The van der Waals surface area contributed by atoms with Gasteiger partial charge in [0.1, 0.15) is 11.5 Å². The number of carbonyl (C=O) groups is 2. The van der Waals surface area contributed by atoms with Crippen LogP contribution in [-0.2, 0) is 9.59 Å². The number of carbonyl (C=O) groups excluding carboxylic acids is 1. The average molecular weight is 273 g/mol. The summed E-state index contributed by atoms with van der Waals surface area (Å²) in [6.07, 6.45) is -0.0274. The van der Waals surface area contributed by atoms with Crippen molar-refractivity contribution in [3.63, 3.8) is 0 Å². The fraction of sp³-hybridized carbons (Fsp3) is 0.231. The third kappa shape index (κ3) is 2.03. The SMILES string of the molecule is O=C(O)C1CC(=O)N(c2ccc3ccc(=O)[nH]c3n2)C1. The third-order valence-electron chi connectivity index (χ3n) is 3.32. The number of carboxylic acids is 1. The van der Waals surface area contributed by atoms with Gasteiger partial charge >= 0.3 is 5.97 Å². The zero-order chi connectivity index (χ0) is 14.3. The van der Waals surface area contributed by atoms with Crippen molar-refractivity contribution in [3.05, 3.63) is 34.6 Å². The number of aromatic amines is 1. The fourth-order valence-corrected chi connectivity index (χ4v) is 2.26. The van der Waals surface area contributed by atoms with Crippen LogP contribution in [0.25, 0.3) is 11.0 Å². The molecule has 1 aliphatic rings. The lowest BCUT2D eigenvalue weighted by Gasteiger charge is -2.15. The second-order valence-corrected chi connectivity index (χ2v) is 4.67. The van der Waals surface area contributed by atoms with E-state index in [0.717, 1.165) is 5.39 Å². The number of hydrogen-bond donors (Lipinski definition) is 2. The summed E-state index contributed by atoms with van der Waals surface area (Å²) >= 11 is 0. The summed E-state index contributed by atoms with van der Waals surface area (Å²) in [5.41, 5.74) is 0.0971. The molecule has 0 aromatic carbocycles. The summed E-state index contributed by atoms with van der Waals surface area (Å²) < 4.78 is 0. The van der Waals surface area contributed by atoms with Crippen molar-refractivity contribution in [2.24, 2.45) is 5.92 Å². The molecule has 1 amide bonds. The van der Waals surface area contributed by atoms with Gasteiger partial charge < -0.3 is 10.1 Å². The zero-order valence-corrected chi connectivity index (χ0v) is 10.4. The van der Waals surface area contributed by atoms with Gasteiger partial charge in [0.25, 0.3) is 0 Å². The van der Waals surface area contributed by atoms with Gasteiger partial charge in [0.05, 0.1) is 5.92 Å². The Morgan fingerprint density at radius 2 is 2.05 bits per heavy atom. The van der Waals surface area contributed by atoms with E-state index in [0.29, 0.717) is 11.5 Å². The summed E-state index contributed by atoms with van der Waals surface area (Å²) in [7, 11) is 0. The number of hydrogen-bond acceptors (Lipinski definition) is 4. The quantitative estimate of drug-likeness (QED) is 0.822. The number of carboxylic acid groups (broad SMARTS) is 1. The number of anilines is 1. The van der Waals surface area contributed by atoms with E-state index in [4.69, 9.17) is 5.11 Å². The highest BCUT2D eigenvalue weighted by Gasteiger charge is 2.35. The minimum atomic E-state index is -0.991. The largest absolute Gasteiger partial charge is 0.481 e. The first-order chi connectivity index (χ1) is 9.54. The second-order valence-electron chi connectivity index (χ2n) is 4.67. The van der Waals surface area contributed by atoms with Crippen LogP contribution in [0.3, 0.4) is 0 Å². The average Bonchev–Trinajstić information content (AvgIpc) is 2.80. The van der Waals surface area contributed by atoms with Gasteiger partial charge in [-0.3, -0.25) is 19.3 Å². The molecule has 3 rings (SSSR count). The van der Waals surface area contributed by atoms with Crippen molar-refractivity contribution in [3.8, 4) is 0 Å². The topological polar surface area (TPSA) is 103 Å². The maximum absolute atomic E-state index is 11.8. The minimum Gasteiger partial charge on any atom is -0.481 e. The molecule has 20 heavy (non-hydrogen) atoms. The Labute approximate surface area is 112 Å². The first-order valence-electron chi connectivity index (χ1n) is 6.08. The minimum absolute atomic E-state index is 0.0274. The molecule has 2 aromatic heterocycles. The summed E-state index contributed by atoms with van der Waals surface area (Å²) in [5.74, 6) is -1.62. The maximum Gasteiger partial charge on any atom is 0.308 e. The normalized spacial score (nSPS) is 18.7. The Morgan fingerprint density at radius 1 is 1.30 bits per heavy atom. The van der Waals surface area contributed by atoms with E-state index in [1.54, 1.807) is 18.2 Å². The highest BCUT2D eigenvalue weighted by atomic mass is 16.4. The van der Waals surface area contributed by atoms with E-state index in [1.165, 1.54) is 11.0 Å². The van der Waals surface area contributed by atoms with Crippen molar-refractivity contribution in [2.45, 2.75) is 6.42 Å². The molecule has 0 aliphatic carbocycles. The molecule has 1 atom stereocenters. The number of aliphatic carboxylic acids is 1. The molecule has 1 fully saturated rings. The zero-order valence-electron chi connectivity index (χ0n) is 10.4. The van der Waals surface area contributed by atoms with Crippen molar-refractivity contribution in [1.82, 2.24) is 9.97 Å². The molecule has 3 heterocycles. The predicted octanol–water partition coefficient (Wildman–Crippen LogP) is 0.361. The summed E-state index contributed by atoms with van der Waals surface area (Å²) in [4.78, 5) is 42.2. The molecule has 1 aliphatic heterocycles. The van der Waals surface area contributed by atoms with Crippen LogP contribution in [-0.4, -0.2) is 33.5 Å². The Balaban J connectivity index is 2.00. The van der Waals surface area contributed by atoms with Gasteiger partial charge in [0.15, 0.2) is 0 Å².